The van der Waals surface area contributed by atoms with E-state index in [0.29, 0.717) is 0 Å². The number of esters is 1. The molecule has 0 heterocycles. The van der Waals surface area contributed by atoms with Gasteiger partial charge in [-0.2, -0.15) is 0 Å². The molecule has 2 unspecified atom stereocenters. The lowest BCUT2D eigenvalue weighted by Gasteiger charge is -2.12. The molecule has 0 fully saturated rings. The van der Waals surface area contributed by atoms with E-state index in [1.54, 1.807) is 6.07 Å². The summed E-state index contributed by atoms with van der Waals surface area (Å²) in [4.78, 5) is 23.0. The minimum Gasteiger partial charge on any atom is -0.615 e. The van der Waals surface area contributed by atoms with Crippen LogP contribution in [0.4, 0.5) is 0 Å². The zero-order valence-corrected chi connectivity index (χ0v) is 10.3. The molecule has 2 atom stereocenters. The lowest BCUT2D eigenvalue weighted by atomic mass is 10.1. The molecule has 0 radical (unpaired) electrons. The van der Waals surface area contributed by atoms with Crippen molar-refractivity contribution in [2.75, 3.05) is 13.4 Å². The van der Waals surface area contributed by atoms with E-state index in [4.69, 9.17) is 5.73 Å². The maximum atomic E-state index is 11.8. The van der Waals surface area contributed by atoms with Gasteiger partial charge in [0.15, 0.2) is 0 Å². The van der Waals surface area contributed by atoms with E-state index in [2.05, 4.69) is 4.74 Å². The van der Waals surface area contributed by atoms with Crippen molar-refractivity contribution in [2.45, 2.75) is 5.37 Å². The molecule has 0 saturated heterocycles. The third-order valence-electron chi connectivity index (χ3n) is 2.18. The molecule has 17 heavy (non-hydrogen) atoms. The summed E-state index contributed by atoms with van der Waals surface area (Å²) in [5.41, 5.74) is 5.99. The molecule has 1 rings (SSSR count). The molecular formula is C11H13NO4S. The fourth-order valence-electron chi connectivity index (χ4n) is 1.23. The molecule has 0 saturated carbocycles. The zero-order chi connectivity index (χ0) is 13.0. The lowest BCUT2D eigenvalue weighted by molar-refractivity contribution is 0.0600. The minimum absolute atomic E-state index is 0.246. The normalized spacial score (nSPS) is 13.9. The Kier molecular flexibility index (Phi) is 4.68. The van der Waals surface area contributed by atoms with Crippen molar-refractivity contribution in [2.24, 2.45) is 5.73 Å². The molecule has 2 N–H and O–H groups in total. The van der Waals surface area contributed by atoms with Crippen LogP contribution in [-0.4, -0.2) is 35.0 Å². The monoisotopic (exact) mass is 255 g/mol. The van der Waals surface area contributed by atoms with Crippen molar-refractivity contribution >= 4 is 22.9 Å². The zero-order valence-electron chi connectivity index (χ0n) is 9.51. The molecule has 0 bridgehead atoms. The van der Waals surface area contributed by atoms with E-state index in [1.165, 1.54) is 31.6 Å². The Morgan fingerprint density at radius 1 is 1.41 bits per heavy atom. The first-order chi connectivity index (χ1) is 7.97. The quantitative estimate of drug-likeness (QED) is 0.475. The van der Waals surface area contributed by atoms with Gasteiger partial charge in [0.2, 0.25) is 11.2 Å². The number of methoxy groups -OCH3 is 1. The van der Waals surface area contributed by atoms with Crippen molar-refractivity contribution < 1.29 is 18.9 Å². The maximum Gasteiger partial charge on any atom is 0.337 e. The summed E-state index contributed by atoms with van der Waals surface area (Å²) < 4.78 is 15.6. The Morgan fingerprint density at radius 3 is 2.53 bits per heavy atom. The number of rotatable bonds is 4. The maximum absolute atomic E-state index is 11.8. The molecule has 0 aromatic heterocycles. The van der Waals surface area contributed by atoms with Crippen LogP contribution in [0.15, 0.2) is 24.3 Å². The van der Waals surface area contributed by atoms with Crippen LogP contribution in [0.25, 0.3) is 0 Å². The van der Waals surface area contributed by atoms with Gasteiger partial charge in [0.05, 0.1) is 18.9 Å². The Bertz CT molecular complexity index is 433. The van der Waals surface area contributed by atoms with Gasteiger partial charge in [-0.1, -0.05) is 12.1 Å². The highest BCUT2D eigenvalue weighted by atomic mass is 32.2. The SMILES string of the molecule is COC(=O)c1cccc(C(=O)C(N)[S+](C)[O-])c1. The molecule has 1 aromatic rings. The predicted octanol–water partition coefficient (Wildman–Crippen LogP) is 0.319. The van der Waals surface area contributed by atoms with Crippen molar-refractivity contribution in [3.8, 4) is 0 Å². The fraction of sp³-hybridized carbons (Fsp3) is 0.273. The highest BCUT2D eigenvalue weighted by Crippen LogP contribution is 2.10. The number of carbonyl (C=O) groups is 2. The van der Waals surface area contributed by atoms with Crippen LogP contribution in [0.2, 0.25) is 0 Å². The lowest BCUT2D eigenvalue weighted by Crippen LogP contribution is -2.38. The smallest absolute Gasteiger partial charge is 0.337 e. The van der Waals surface area contributed by atoms with Gasteiger partial charge in [-0.15, -0.1) is 0 Å². The minimum atomic E-state index is -1.45. The molecule has 0 amide bonds. The average molecular weight is 255 g/mol. The number of hydrogen-bond acceptors (Lipinski definition) is 5. The van der Waals surface area contributed by atoms with Crippen LogP contribution in [0, 0.1) is 0 Å². The van der Waals surface area contributed by atoms with Crippen LogP contribution in [0.5, 0.6) is 0 Å². The summed E-state index contributed by atoms with van der Waals surface area (Å²) in [6.45, 7) is 0. The van der Waals surface area contributed by atoms with E-state index in [-0.39, 0.29) is 11.1 Å². The van der Waals surface area contributed by atoms with E-state index in [1.807, 2.05) is 0 Å². The average Bonchev–Trinajstić information content (AvgIpc) is 2.36. The van der Waals surface area contributed by atoms with Gasteiger partial charge in [0.1, 0.15) is 0 Å². The molecule has 92 valence electrons. The number of ether oxygens (including phenoxy) is 1. The summed E-state index contributed by atoms with van der Waals surface area (Å²) in [6.07, 6.45) is 1.35. The Balaban J connectivity index is 3.00. The fourth-order valence-corrected chi connectivity index (χ4v) is 1.67. The van der Waals surface area contributed by atoms with Crippen LogP contribution < -0.4 is 5.73 Å². The Labute approximate surface area is 102 Å². The molecule has 0 aliphatic heterocycles. The van der Waals surface area contributed by atoms with Gasteiger partial charge in [-0.05, 0) is 23.3 Å². The number of benzene rings is 1. The number of carbonyl (C=O) groups excluding carboxylic acids is 2. The first-order valence-electron chi connectivity index (χ1n) is 4.77. The molecule has 5 nitrogen and oxygen atoms in total. The number of nitrogens with two attached hydrogens (primary N) is 1. The van der Waals surface area contributed by atoms with Gasteiger partial charge >= 0.3 is 5.97 Å². The second kappa shape index (κ2) is 5.81. The summed E-state index contributed by atoms with van der Waals surface area (Å²) in [6, 6.07) is 5.96. The first-order valence-corrected chi connectivity index (χ1v) is 6.40. The van der Waals surface area contributed by atoms with Gasteiger partial charge in [0.25, 0.3) is 0 Å². The van der Waals surface area contributed by atoms with Crippen LogP contribution in [0.3, 0.4) is 0 Å². The van der Waals surface area contributed by atoms with Crippen molar-refractivity contribution in [1.29, 1.82) is 0 Å². The second-order valence-corrected chi connectivity index (χ2v) is 4.86. The topological polar surface area (TPSA) is 92.5 Å². The molecule has 6 heteroatoms. The van der Waals surface area contributed by atoms with Crippen molar-refractivity contribution in [3.05, 3.63) is 35.4 Å². The van der Waals surface area contributed by atoms with E-state index < -0.39 is 28.3 Å². The highest BCUT2D eigenvalue weighted by Gasteiger charge is 2.24. The van der Waals surface area contributed by atoms with Gasteiger partial charge in [-0.25, -0.2) is 4.79 Å². The number of Topliss-reactive ketones (excluding diaryl/α,β-unsaturated/α-hetero) is 1. The van der Waals surface area contributed by atoms with Gasteiger partial charge < -0.3 is 9.29 Å². The summed E-state index contributed by atoms with van der Waals surface area (Å²) in [5.74, 6) is -0.998. The highest BCUT2D eigenvalue weighted by molar-refractivity contribution is 7.92. The van der Waals surface area contributed by atoms with Crippen LogP contribution in [-0.2, 0) is 15.9 Å². The Hall–Kier alpha value is -1.37. The van der Waals surface area contributed by atoms with Crippen LogP contribution >= 0.6 is 0 Å². The Morgan fingerprint density at radius 2 is 2.00 bits per heavy atom. The molecule has 0 aliphatic rings. The predicted molar refractivity (Wildman–Crippen MR) is 64.2 cm³/mol. The third-order valence-corrected chi connectivity index (χ3v) is 3.11. The molecule has 1 aromatic carbocycles. The van der Waals surface area contributed by atoms with Gasteiger partial charge in [-0.3, -0.25) is 10.5 Å². The first kappa shape index (κ1) is 13.7. The van der Waals surface area contributed by atoms with Crippen molar-refractivity contribution in [1.82, 2.24) is 0 Å². The summed E-state index contributed by atoms with van der Waals surface area (Å²) >= 11 is -1.45. The van der Waals surface area contributed by atoms with E-state index >= 15 is 0 Å². The number of ketones is 1. The van der Waals surface area contributed by atoms with E-state index in [0.717, 1.165) is 0 Å². The standard InChI is InChI=1S/C11H13NO4S/c1-16-11(14)8-5-3-4-7(6-8)9(13)10(12)17(2)15/h3-6,10H,12H2,1-2H3. The van der Waals surface area contributed by atoms with Crippen molar-refractivity contribution in [3.63, 3.8) is 0 Å². The molecule has 0 spiro atoms. The summed E-state index contributed by atoms with van der Waals surface area (Å²) in [5, 5.41) is -1.08. The van der Waals surface area contributed by atoms with Crippen LogP contribution in [0.1, 0.15) is 20.7 Å². The van der Waals surface area contributed by atoms with E-state index in [9.17, 15) is 14.1 Å². The molecule has 0 aliphatic carbocycles. The third kappa shape index (κ3) is 3.29. The number of hydrogen-bond donors (Lipinski definition) is 1. The largest absolute Gasteiger partial charge is 0.615 e. The van der Waals surface area contributed by atoms with Gasteiger partial charge in [0, 0.05) is 5.56 Å². The molecular weight excluding hydrogens is 242 g/mol. The summed E-state index contributed by atoms with van der Waals surface area (Å²) in [7, 11) is 1.25. The second-order valence-electron chi connectivity index (χ2n) is 3.36.